The van der Waals surface area contributed by atoms with E-state index in [0.717, 1.165) is 58.6 Å². The molecule has 10 heteroatoms. The van der Waals surface area contributed by atoms with Crippen molar-refractivity contribution in [3.05, 3.63) is 125 Å². The fraction of sp³-hybridized carbons (Fsp3) is 0.342. The highest BCUT2D eigenvalue weighted by Crippen LogP contribution is 2.38. The maximum absolute atomic E-state index is 12.1. The zero-order chi connectivity index (χ0) is 33.7. The first kappa shape index (κ1) is 34.7. The molecule has 10 nitrogen and oxygen atoms in total. The van der Waals surface area contributed by atoms with Crippen molar-refractivity contribution in [2.45, 2.75) is 51.4 Å². The predicted octanol–water partition coefficient (Wildman–Crippen LogP) is 5.32. The predicted molar refractivity (Wildman–Crippen MR) is 183 cm³/mol. The van der Waals surface area contributed by atoms with Crippen molar-refractivity contribution in [3.8, 4) is 11.1 Å². The molecule has 5 rings (SSSR count). The molecular weight excluding hydrogens is 608 g/mol. The van der Waals surface area contributed by atoms with Crippen LogP contribution in [0.5, 0.6) is 0 Å². The molecule has 1 aromatic heterocycles. The van der Waals surface area contributed by atoms with Gasteiger partial charge in [0, 0.05) is 49.9 Å². The molecule has 2 heterocycles. The average Bonchev–Trinajstić information content (AvgIpc) is 3.13. The van der Waals surface area contributed by atoms with E-state index < -0.39 is 18.3 Å². The van der Waals surface area contributed by atoms with Crippen molar-refractivity contribution in [1.29, 1.82) is 0 Å². The number of rotatable bonds is 14. The number of aliphatic hydroxyl groups is 1. The molecule has 3 atom stereocenters. The molecule has 0 radical (unpaired) electrons. The number of hydrogen-bond acceptors (Lipinski definition) is 8. The number of ether oxygens (including phenoxy) is 3. The summed E-state index contributed by atoms with van der Waals surface area (Å²) in [6.07, 6.45) is 2.63. The molecule has 3 aromatic carbocycles. The minimum absolute atomic E-state index is 0.000540. The minimum Gasteiger partial charge on any atom is -0.465 e. The summed E-state index contributed by atoms with van der Waals surface area (Å²) in [5.41, 5.74) is 6.85. The highest BCUT2D eigenvalue weighted by molar-refractivity contribution is 5.80. The largest absolute Gasteiger partial charge is 0.465 e. The van der Waals surface area contributed by atoms with Crippen LogP contribution in [0.4, 0.5) is 4.79 Å². The first-order valence-corrected chi connectivity index (χ1v) is 16.4. The lowest BCUT2D eigenvalue weighted by molar-refractivity contribution is -0.252. The summed E-state index contributed by atoms with van der Waals surface area (Å²) in [5.74, 6) is -0.478. The first-order chi connectivity index (χ1) is 23.4. The molecule has 1 aliphatic heterocycles. The standard InChI is InChI=1S/C38H44N4O6/c1-3-46-36(44)24-41-38(45)40-23-28-7-6-8-32(21-28)29-14-16-31(17-15-29)37-47-34(25-42(2)20-18-33-9-4-5-19-39-33)22-35(48-37)30-12-10-27(26-43)11-13-30/h4-17,19,21,34-35,37,43H,3,18,20,22-26H2,1-2H3,(H2,40,41,45). The highest BCUT2D eigenvalue weighted by Gasteiger charge is 2.32. The van der Waals surface area contributed by atoms with Crippen molar-refractivity contribution in [1.82, 2.24) is 20.5 Å². The van der Waals surface area contributed by atoms with Gasteiger partial charge >= 0.3 is 12.0 Å². The smallest absolute Gasteiger partial charge is 0.325 e. The number of carbonyl (C=O) groups excluding carboxylic acids is 2. The fourth-order valence-corrected chi connectivity index (χ4v) is 5.63. The maximum Gasteiger partial charge on any atom is 0.325 e. The van der Waals surface area contributed by atoms with E-state index in [9.17, 15) is 14.7 Å². The van der Waals surface area contributed by atoms with Crippen molar-refractivity contribution >= 4 is 12.0 Å². The van der Waals surface area contributed by atoms with E-state index >= 15 is 0 Å². The number of nitrogens with zero attached hydrogens (tertiary/aromatic N) is 2. The third-order valence-corrected chi connectivity index (χ3v) is 8.20. The number of amides is 2. The molecule has 252 valence electrons. The summed E-state index contributed by atoms with van der Waals surface area (Å²) in [6.45, 7) is 3.72. The first-order valence-electron chi connectivity index (χ1n) is 16.4. The summed E-state index contributed by atoms with van der Waals surface area (Å²) in [7, 11) is 2.11. The van der Waals surface area contributed by atoms with Gasteiger partial charge in [-0.2, -0.15) is 0 Å². The van der Waals surface area contributed by atoms with Crippen LogP contribution in [-0.4, -0.2) is 66.4 Å². The van der Waals surface area contributed by atoms with Crippen molar-refractivity contribution in [3.63, 3.8) is 0 Å². The monoisotopic (exact) mass is 652 g/mol. The van der Waals surface area contributed by atoms with Crippen LogP contribution in [0.1, 0.15) is 53.7 Å². The van der Waals surface area contributed by atoms with Gasteiger partial charge in [0.15, 0.2) is 6.29 Å². The van der Waals surface area contributed by atoms with Crippen molar-refractivity contribution in [2.24, 2.45) is 0 Å². The lowest BCUT2D eigenvalue weighted by Crippen LogP contribution is -2.38. The molecule has 0 spiro atoms. The van der Waals surface area contributed by atoms with Gasteiger partial charge in [-0.3, -0.25) is 9.78 Å². The normalized spacial score (nSPS) is 17.5. The topological polar surface area (TPSA) is 122 Å². The van der Waals surface area contributed by atoms with E-state index in [4.69, 9.17) is 14.2 Å². The summed E-state index contributed by atoms with van der Waals surface area (Å²) in [5, 5.41) is 14.8. The van der Waals surface area contributed by atoms with Gasteiger partial charge in [0.25, 0.3) is 0 Å². The summed E-state index contributed by atoms with van der Waals surface area (Å²) in [6, 6.07) is 29.6. The maximum atomic E-state index is 12.1. The van der Waals surface area contributed by atoms with Crippen LogP contribution < -0.4 is 10.6 Å². The van der Waals surface area contributed by atoms with Crippen molar-refractivity contribution < 1.29 is 28.9 Å². The van der Waals surface area contributed by atoms with Gasteiger partial charge in [-0.25, -0.2) is 4.79 Å². The van der Waals surface area contributed by atoms with E-state index in [0.29, 0.717) is 13.0 Å². The molecule has 3 unspecified atom stereocenters. The summed E-state index contributed by atoms with van der Waals surface area (Å²) >= 11 is 0. The summed E-state index contributed by atoms with van der Waals surface area (Å²) in [4.78, 5) is 30.3. The SMILES string of the molecule is CCOC(=O)CNC(=O)NCc1cccc(-c2ccc(C3OC(CN(C)CCc4ccccn4)CC(c4ccc(CO)cc4)O3)cc2)c1. The lowest BCUT2D eigenvalue weighted by Gasteiger charge is -2.38. The molecule has 0 aliphatic carbocycles. The molecule has 3 N–H and O–H groups in total. The molecule has 0 bridgehead atoms. The summed E-state index contributed by atoms with van der Waals surface area (Å²) < 4.78 is 18.0. The van der Waals surface area contributed by atoms with Crippen LogP contribution in [-0.2, 0) is 38.6 Å². The Morgan fingerprint density at radius 1 is 0.917 bits per heavy atom. The Morgan fingerprint density at radius 2 is 1.71 bits per heavy atom. The zero-order valence-corrected chi connectivity index (χ0v) is 27.5. The van der Waals surface area contributed by atoms with E-state index in [1.54, 1.807) is 6.92 Å². The number of hydrogen-bond donors (Lipinski definition) is 3. The second kappa shape index (κ2) is 17.5. The second-order valence-electron chi connectivity index (χ2n) is 11.8. The Morgan fingerprint density at radius 3 is 2.44 bits per heavy atom. The van der Waals surface area contributed by atoms with E-state index in [1.165, 1.54) is 0 Å². The van der Waals surface area contributed by atoms with Gasteiger partial charge in [-0.1, -0.05) is 72.8 Å². The molecule has 48 heavy (non-hydrogen) atoms. The number of aliphatic hydroxyl groups excluding tert-OH is 1. The van der Waals surface area contributed by atoms with Gasteiger partial charge in [0.05, 0.1) is 25.4 Å². The molecule has 0 saturated carbocycles. The Kier molecular flexibility index (Phi) is 12.7. The average molecular weight is 653 g/mol. The molecule has 1 saturated heterocycles. The number of carbonyl (C=O) groups is 2. The highest BCUT2D eigenvalue weighted by atomic mass is 16.7. The lowest BCUT2D eigenvalue weighted by atomic mass is 9.99. The quantitative estimate of drug-likeness (QED) is 0.157. The minimum atomic E-state index is -0.548. The third-order valence-electron chi connectivity index (χ3n) is 8.20. The number of nitrogens with one attached hydrogen (secondary N) is 2. The van der Waals surface area contributed by atoms with Gasteiger partial charge in [0.1, 0.15) is 6.54 Å². The fourth-order valence-electron chi connectivity index (χ4n) is 5.63. The Labute approximate surface area is 282 Å². The van der Waals surface area contributed by atoms with Crippen LogP contribution in [0, 0.1) is 0 Å². The van der Waals surface area contributed by atoms with Crippen LogP contribution in [0.2, 0.25) is 0 Å². The van der Waals surface area contributed by atoms with Crippen LogP contribution in [0.25, 0.3) is 11.1 Å². The number of urea groups is 1. The zero-order valence-electron chi connectivity index (χ0n) is 27.5. The Hall–Kier alpha value is -4.61. The number of benzene rings is 3. The Balaban J connectivity index is 1.24. The van der Waals surface area contributed by atoms with E-state index in [2.05, 4.69) is 27.6 Å². The molecule has 1 fully saturated rings. The van der Waals surface area contributed by atoms with Crippen LogP contribution >= 0.6 is 0 Å². The van der Waals surface area contributed by atoms with Gasteiger partial charge in [-0.05, 0) is 60.0 Å². The van der Waals surface area contributed by atoms with Gasteiger partial charge in [0.2, 0.25) is 0 Å². The van der Waals surface area contributed by atoms with Crippen LogP contribution in [0.3, 0.4) is 0 Å². The number of pyridine rings is 1. The second-order valence-corrected chi connectivity index (χ2v) is 11.8. The van der Waals surface area contributed by atoms with Gasteiger partial charge in [-0.15, -0.1) is 0 Å². The Bertz CT molecular complexity index is 1600. The molecule has 4 aromatic rings. The number of aromatic nitrogens is 1. The molecule has 1 aliphatic rings. The van der Waals surface area contributed by atoms with Crippen molar-refractivity contribution in [2.75, 3.05) is 33.3 Å². The van der Waals surface area contributed by atoms with Gasteiger partial charge < -0.3 is 34.9 Å². The van der Waals surface area contributed by atoms with E-state index in [1.807, 2.05) is 97.2 Å². The molecule has 2 amide bonds. The molecular formula is C38H44N4O6. The number of esters is 1. The van der Waals surface area contributed by atoms with Crippen LogP contribution in [0.15, 0.2) is 97.2 Å². The number of likely N-dealkylation sites (N-methyl/N-ethyl adjacent to an activating group) is 1. The van der Waals surface area contributed by atoms with E-state index in [-0.39, 0.29) is 32.0 Å². The third kappa shape index (κ3) is 10.2.